The van der Waals surface area contributed by atoms with Gasteiger partial charge in [-0.15, -0.1) is 48.3 Å². The van der Waals surface area contributed by atoms with Crippen LogP contribution in [0.4, 0.5) is 0 Å². The summed E-state index contributed by atoms with van der Waals surface area (Å²) < 4.78 is 0. The van der Waals surface area contributed by atoms with Crippen LogP contribution in [-0.4, -0.2) is 28.2 Å². The monoisotopic (exact) mass is 454 g/mol. The molecule has 25 heavy (non-hydrogen) atoms. The molecular weight excluding hydrogens is 438 g/mol. The highest BCUT2D eigenvalue weighted by Gasteiger charge is 2.22. The molecule has 0 fully saturated rings. The van der Waals surface area contributed by atoms with Gasteiger partial charge in [-0.2, -0.15) is 0 Å². The molecule has 0 bridgehead atoms. The van der Waals surface area contributed by atoms with Gasteiger partial charge in [0.15, 0.2) is 0 Å². The Morgan fingerprint density at radius 2 is 1.20 bits per heavy atom. The Morgan fingerprint density at radius 3 is 1.64 bits per heavy atom. The summed E-state index contributed by atoms with van der Waals surface area (Å²) >= 11 is 16.1. The Hall–Kier alpha value is 0.220. The van der Waals surface area contributed by atoms with Crippen molar-refractivity contribution in [2.75, 3.05) is 18.4 Å². The maximum atomic E-state index is 6.13. The first-order chi connectivity index (χ1) is 11.2. The zero-order chi connectivity index (χ0) is 15.8. The lowest BCUT2D eigenvalue weighted by atomic mass is 10.2. The fourth-order valence-corrected chi connectivity index (χ4v) is 5.31. The fraction of sp³-hybridized carbons (Fsp3) is 0.294. The van der Waals surface area contributed by atoms with Crippen molar-refractivity contribution in [2.45, 2.75) is 22.9 Å². The summed E-state index contributed by atoms with van der Waals surface area (Å²) in [7, 11) is 0. The lowest BCUT2D eigenvalue weighted by Gasteiger charge is -2.35. The topological polar surface area (TPSA) is 6.48 Å². The van der Waals surface area contributed by atoms with Crippen LogP contribution in [0.5, 0.6) is 0 Å². The Kier molecular flexibility index (Phi) is 8.11. The molecule has 2 aromatic rings. The van der Waals surface area contributed by atoms with E-state index in [2.05, 4.69) is 34.1 Å². The number of thioether (sulfide) groups is 2. The van der Waals surface area contributed by atoms with Gasteiger partial charge in [0.1, 0.15) is 0 Å². The highest BCUT2D eigenvalue weighted by molar-refractivity contribution is 7.99. The van der Waals surface area contributed by atoms with E-state index in [0.717, 1.165) is 41.6 Å². The lowest BCUT2D eigenvalue weighted by molar-refractivity contribution is 0.153. The average Bonchev–Trinajstić information content (AvgIpc) is 2.54. The van der Waals surface area contributed by atoms with Crippen molar-refractivity contribution in [2.24, 2.45) is 0 Å². The summed E-state index contributed by atoms with van der Waals surface area (Å²) in [6.45, 7) is 2.90. The molecule has 0 saturated heterocycles. The van der Waals surface area contributed by atoms with E-state index in [-0.39, 0.29) is 24.8 Å². The Balaban J connectivity index is 0.00000113. The summed E-state index contributed by atoms with van der Waals surface area (Å²) in [5, 5.41) is 1.64. The quantitative estimate of drug-likeness (QED) is 0.529. The number of nitrogens with zero attached hydrogens (tertiary/aromatic N) is 2. The molecule has 2 heterocycles. The van der Waals surface area contributed by atoms with Crippen LogP contribution in [-0.2, 0) is 13.1 Å². The number of hydrogen-bond donors (Lipinski definition) is 0. The molecule has 2 nitrogen and oxygen atoms in total. The minimum Gasteiger partial charge on any atom is -0.277 e. The van der Waals surface area contributed by atoms with Gasteiger partial charge in [0, 0.05) is 32.9 Å². The van der Waals surface area contributed by atoms with Crippen molar-refractivity contribution in [3.05, 3.63) is 57.6 Å². The van der Waals surface area contributed by atoms with E-state index < -0.39 is 0 Å². The van der Waals surface area contributed by atoms with Gasteiger partial charge in [0.2, 0.25) is 0 Å². The number of benzene rings is 2. The SMILES string of the molecule is Cl.Cl.Clc1ccc2c(c1)CN(CN1CSc3ccc(Cl)cc3C1)CS2. The Bertz CT molecular complexity index is 683. The van der Waals surface area contributed by atoms with Crippen molar-refractivity contribution in [1.29, 1.82) is 0 Å². The van der Waals surface area contributed by atoms with Gasteiger partial charge in [-0.3, -0.25) is 9.80 Å². The second kappa shape index (κ2) is 9.43. The zero-order valence-electron chi connectivity index (χ0n) is 13.3. The normalized spacial score (nSPS) is 17.0. The third-order valence-corrected chi connectivity index (χ3v) is 6.92. The molecule has 0 spiro atoms. The van der Waals surface area contributed by atoms with E-state index in [4.69, 9.17) is 23.2 Å². The number of halogens is 4. The summed E-state index contributed by atoms with van der Waals surface area (Å²) in [5.74, 6) is 2.05. The van der Waals surface area contributed by atoms with Crippen LogP contribution in [0.3, 0.4) is 0 Å². The fourth-order valence-electron chi connectivity index (χ4n) is 2.98. The van der Waals surface area contributed by atoms with Gasteiger partial charge in [-0.1, -0.05) is 23.2 Å². The highest BCUT2D eigenvalue weighted by Crippen LogP contribution is 2.35. The molecule has 4 rings (SSSR count). The predicted molar refractivity (Wildman–Crippen MR) is 115 cm³/mol. The Morgan fingerprint density at radius 1 is 0.760 bits per heavy atom. The van der Waals surface area contributed by atoms with Crippen LogP contribution in [0.25, 0.3) is 0 Å². The van der Waals surface area contributed by atoms with E-state index >= 15 is 0 Å². The third-order valence-electron chi connectivity index (χ3n) is 4.04. The van der Waals surface area contributed by atoms with E-state index in [1.807, 2.05) is 35.7 Å². The molecule has 2 aromatic carbocycles. The van der Waals surface area contributed by atoms with Gasteiger partial charge in [0.05, 0.1) is 18.4 Å². The van der Waals surface area contributed by atoms with E-state index in [9.17, 15) is 0 Å². The van der Waals surface area contributed by atoms with Crippen LogP contribution in [0.2, 0.25) is 10.0 Å². The smallest absolute Gasteiger partial charge is 0.0528 e. The van der Waals surface area contributed by atoms with Gasteiger partial charge in [0.25, 0.3) is 0 Å². The van der Waals surface area contributed by atoms with Crippen molar-refractivity contribution in [3.8, 4) is 0 Å². The molecule has 2 aliphatic rings. The zero-order valence-corrected chi connectivity index (χ0v) is 18.1. The molecule has 0 saturated carbocycles. The first-order valence-corrected chi connectivity index (χ1v) is 10.2. The number of rotatable bonds is 2. The van der Waals surface area contributed by atoms with Gasteiger partial charge < -0.3 is 0 Å². The van der Waals surface area contributed by atoms with Gasteiger partial charge in [-0.05, 0) is 47.5 Å². The maximum absolute atomic E-state index is 6.13. The second-order valence-electron chi connectivity index (χ2n) is 5.85. The van der Waals surface area contributed by atoms with Crippen LogP contribution < -0.4 is 0 Å². The molecule has 0 atom stereocenters. The third kappa shape index (κ3) is 5.14. The number of fused-ring (bicyclic) bond motifs is 2. The predicted octanol–water partition coefficient (Wildman–Crippen LogP) is 6.23. The Labute approximate surface area is 179 Å². The van der Waals surface area contributed by atoms with E-state index in [1.165, 1.54) is 20.9 Å². The van der Waals surface area contributed by atoms with Gasteiger partial charge in [-0.25, -0.2) is 0 Å². The molecule has 136 valence electrons. The van der Waals surface area contributed by atoms with Gasteiger partial charge >= 0.3 is 0 Å². The summed E-state index contributed by atoms with van der Waals surface area (Å²) in [6, 6.07) is 12.4. The molecule has 0 radical (unpaired) electrons. The maximum Gasteiger partial charge on any atom is 0.0528 e. The van der Waals surface area contributed by atoms with Crippen molar-refractivity contribution >= 4 is 71.5 Å². The molecule has 0 amide bonds. The van der Waals surface area contributed by atoms with E-state index in [0.29, 0.717) is 0 Å². The molecule has 0 unspecified atom stereocenters. The van der Waals surface area contributed by atoms with Crippen LogP contribution in [0, 0.1) is 0 Å². The van der Waals surface area contributed by atoms with Crippen molar-refractivity contribution in [1.82, 2.24) is 9.80 Å². The highest BCUT2D eigenvalue weighted by atomic mass is 35.5. The van der Waals surface area contributed by atoms with E-state index in [1.54, 1.807) is 0 Å². The first-order valence-electron chi connectivity index (χ1n) is 7.44. The number of hydrogen-bond acceptors (Lipinski definition) is 4. The second-order valence-corrected chi connectivity index (χ2v) is 8.70. The molecule has 2 aliphatic heterocycles. The lowest BCUT2D eigenvalue weighted by Crippen LogP contribution is -2.39. The molecular formula is C17H18Cl4N2S2. The molecule has 0 aliphatic carbocycles. The van der Waals surface area contributed by atoms with Crippen LogP contribution in [0.1, 0.15) is 11.1 Å². The average molecular weight is 456 g/mol. The van der Waals surface area contributed by atoms with Crippen molar-refractivity contribution in [3.63, 3.8) is 0 Å². The minimum atomic E-state index is 0. The first kappa shape index (κ1) is 21.5. The summed E-state index contributed by atoms with van der Waals surface area (Å²) in [4.78, 5) is 7.66. The molecule has 0 aromatic heterocycles. The largest absolute Gasteiger partial charge is 0.277 e. The molecule has 0 N–H and O–H groups in total. The standard InChI is InChI=1S/C17H16Cl2N2S2.2ClH/c18-14-1-3-16-12(5-14)7-20(10-22-16)9-21-8-13-6-15(19)2-4-17(13)23-11-21;;/h1-6H,7-11H2;2*1H. The summed E-state index contributed by atoms with van der Waals surface area (Å²) in [6.07, 6.45) is 0. The van der Waals surface area contributed by atoms with Crippen LogP contribution >= 0.6 is 71.5 Å². The van der Waals surface area contributed by atoms with Crippen molar-refractivity contribution < 1.29 is 0 Å². The minimum absolute atomic E-state index is 0. The molecule has 8 heteroatoms. The summed E-state index contributed by atoms with van der Waals surface area (Å²) in [5.41, 5.74) is 2.67. The van der Waals surface area contributed by atoms with Crippen LogP contribution in [0.15, 0.2) is 46.2 Å².